The van der Waals surface area contributed by atoms with Gasteiger partial charge in [-0.3, -0.25) is 14.5 Å². The molecule has 2 aromatic carbocycles. The summed E-state index contributed by atoms with van der Waals surface area (Å²) < 4.78 is 43.9. The molecule has 0 bridgehead atoms. The van der Waals surface area contributed by atoms with Crippen molar-refractivity contribution in [3.63, 3.8) is 0 Å². The van der Waals surface area contributed by atoms with Gasteiger partial charge in [0.05, 0.1) is 5.56 Å². The highest BCUT2D eigenvalue weighted by atomic mass is 19.4. The molecule has 0 radical (unpaired) electrons. The molecule has 1 saturated heterocycles. The van der Waals surface area contributed by atoms with Crippen molar-refractivity contribution < 1.29 is 37.4 Å². The third kappa shape index (κ3) is 6.45. The van der Waals surface area contributed by atoms with Gasteiger partial charge >= 0.3 is 12.3 Å². The second-order valence-electron chi connectivity index (χ2n) is 10.3. The lowest BCUT2D eigenvalue weighted by atomic mass is 9.83. The standard InChI is InChI=1S/C27H32F3N3O5/c1-25(2,3)33(24(36)37)26(12-14-38-15-13-26)23(35)32-21(22(31)34)16-17-4-6-18(7-5-17)19-8-10-20(11-9-19)27(28,29)30/h4-11,21H,12-16H2,1-3H3,(H2,31,34)(H,32,35)(H,36,37)/t21-/m0/s1. The average Bonchev–Trinajstić information content (AvgIpc) is 2.83. The van der Waals surface area contributed by atoms with Crippen LogP contribution in [0.4, 0.5) is 18.0 Å². The van der Waals surface area contributed by atoms with Gasteiger partial charge in [-0.25, -0.2) is 4.79 Å². The Morgan fingerprint density at radius 1 is 1.00 bits per heavy atom. The van der Waals surface area contributed by atoms with Crippen LogP contribution in [0.5, 0.6) is 0 Å². The molecule has 11 heteroatoms. The van der Waals surface area contributed by atoms with Crippen molar-refractivity contribution in [2.24, 2.45) is 5.73 Å². The number of amides is 3. The van der Waals surface area contributed by atoms with Gasteiger partial charge in [-0.05, 0) is 49.6 Å². The largest absolute Gasteiger partial charge is 0.465 e. The number of ether oxygens (including phenoxy) is 1. The summed E-state index contributed by atoms with van der Waals surface area (Å²) >= 11 is 0. The summed E-state index contributed by atoms with van der Waals surface area (Å²) in [5.41, 5.74) is 4.41. The van der Waals surface area contributed by atoms with Crippen LogP contribution in [0, 0.1) is 0 Å². The van der Waals surface area contributed by atoms with Crippen molar-refractivity contribution in [1.29, 1.82) is 0 Å². The van der Waals surface area contributed by atoms with Crippen molar-refractivity contribution in [1.82, 2.24) is 10.2 Å². The Labute approximate surface area is 218 Å². The second-order valence-corrected chi connectivity index (χ2v) is 10.3. The smallest absolute Gasteiger partial charge is 0.416 e. The van der Waals surface area contributed by atoms with Crippen LogP contribution >= 0.6 is 0 Å². The number of carbonyl (C=O) groups is 3. The van der Waals surface area contributed by atoms with Gasteiger partial charge in [0.15, 0.2) is 0 Å². The van der Waals surface area contributed by atoms with Crippen LogP contribution in [0.1, 0.15) is 44.7 Å². The summed E-state index contributed by atoms with van der Waals surface area (Å²) in [6.45, 7) is 5.43. The highest BCUT2D eigenvalue weighted by Gasteiger charge is 2.52. The lowest BCUT2D eigenvalue weighted by Gasteiger charge is -2.49. The highest BCUT2D eigenvalue weighted by molar-refractivity contribution is 5.94. The van der Waals surface area contributed by atoms with E-state index >= 15 is 0 Å². The average molecular weight is 536 g/mol. The van der Waals surface area contributed by atoms with Gasteiger partial charge < -0.3 is 20.9 Å². The van der Waals surface area contributed by atoms with E-state index in [1.807, 2.05) is 0 Å². The molecule has 1 aliphatic heterocycles. The molecular formula is C27H32F3N3O5. The summed E-state index contributed by atoms with van der Waals surface area (Å²) in [7, 11) is 0. The molecule has 1 aliphatic rings. The van der Waals surface area contributed by atoms with E-state index in [0.717, 1.165) is 17.0 Å². The monoisotopic (exact) mass is 535 g/mol. The first-order chi connectivity index (χ1) is 17.6. The molecule has 3 amide bonds. The van der Waals surface area contributed by atoms with Gasteiger partial charge in [-0.2, -0.15) is 13.2 Å². The molecule has 0 unspecified atom stereocenters. The number of primary amides is 1. The normalized spacial score (nSPS) is 16.4. The fraction of sp³-hybridized carbons (Fsp3) is 0.444. The van der Waals surface area contributed by atoms with Crippen LogP contribution in [-0.2, 0) is 26.9 Å². The maximum Gasteiger partial charge on any atom is 0.416 e. The van der Waals surface area contributed by atoms with E-state index in [1.165, 1.54) is 12.1 Å². The number of nitrogens with one attached hydrogen (secondary N) is 1. The molecule has 38 heavy (non-hydrogen) atoms. The number of nitrogens with two attached hydrogens (primary N) is 1. The Balaban J connectivity index is 1.80. The number of nitrogens with zero attached hydrogens (tertiary/aromatic N) is 1. The Bertz CT molecular complexity index is 1150. The number of benzene rings is 2. The van der Waals surface area contributed by atoms with Crippen molar-refractivity contribution in [3.8, 4) is 11.1 Å². The predicted molar refractivity (Wildman–Crippen MR) is 134 cm³/mol. The van der Waals surface area contributed by atoms with Crippen molar-refractivity contribution >= 4 is 17.9 Å². The van der Waals surface area contributed by atoms with E-state index < -0.39 is 46.8 Å². The second kappa shape index (κ2) is 11.0. The zero-order chi connectivity index (χ0) is 28.3. The lowest BCUT2D eigenvalue weighted by molar-refractivity contribution is -0.145. The minimum Gasteiger partial charge on any atom is -0.465 e. The first-order valence-electron chi connectivity index (χ1n) is 12.1. The number of carbonyl (C=O) groups excluding carboxylic acids is 2. The van der Waals surface area contributed by atoms with Gasteiger partial charge in [-0.15, -0.1) is 0 Å². The molecule has 0 spiro atoms. The Morgan fingerprint density at radius 2 is 1.50 bits per heavy atom. The zero-order valence-electron chi connectivity index (χ0n) is 21.5. The molecule has 206 valence electrons. The molecule has 3 rings (SSSR count). The third-order valence-electron chi connectivity index (χ3n) is 6.62. The van der Waals surface area contributed by atoms with E-state index in [0.29, 0.717) is 16.7 Å². The number of hydrogen-bond acceptors (Lipinski definition) is 4. The molecule has 0 aliphatic carbocycles. The minimum absolute atomic E-state index is 0.0452. The minimum atomic E-state index is -4.42. The topological polar surface area (TPSA) is 122 Å². The highest BCUT2D eigenvalue weighted by Crippen LogP contribution is 2.35. The molecular weight excluding hydrogens is 503 g/mol. The van der Waals surface area contributed by atoms with E-state index in [-0.39, 0.29) is 32.5 Å². The van der Waals surface area contributed by atoms with Gasteiger partial charge in [-0.1, -0.05) is 36.4 Å². The van der Waals surface area contributed by atoms with E-state index in [2.05, 4.69) is 5.32 Å². The van der Waals surface area contributed by atoms with Crippen LogP contribution in [-0.4, -0.2) is 58.2 Å². The van der Waals surface area contributed by atoms with Gasteiger partial charge in [0, 0.05) is 38.0 Å². The summed E-state index contributed by atoms with van der Waals surface area (Å²) in [6, 6.07) is 10.4. The number of halogens is 3. The number of hydrogen-bond donors (Lipinski definition) is 3. The summed E-state index contributed by atoms with van der Waals surface area (Å²) in [5, 5.41) is 12.7. The third-order valence-corrected chi connectivity index (χ3v) is 6.62. The number of carboxylic acid groups (broad SMARTS) is 1. The van der Waals surface area contributed by atoms with E-state index in [9.17, 15) is 32.7 Å². The molecule has 0 saturated carbocycles. The Morgan fingerprint density at radius 3 is 1.92 bits per heavy atom. The first kappa shape index (κ1) is 29.0. The van der Waals surface area contributed by atoms with Crippen molar-refractivity contribution in [2.45, 2.75) is 63.3 Å². The fourth-order valence-corrected chi connectivity index (χ4v) is 4.81. The van der Waals surface area contributed by atoms with Crippen molar-refractivity contribution in [2.75, 3.05) is 13.2 Å². The molecule has 1 fully saturated rings. The van der Waals surface area contributed by atoms with E-state index in [1.54, 1.807) is 45.0 Å². The van der Waals surface area contributed by atoms with Crippen LogP contribution in [0.25, 0.3) is 11.1 Å². The molecule has 8 nitrogen and oxygen atoms in total. The van der Waals surface area contributed by atoms with E-state index in [4.69, 9.17) is 10.5 Å². The van der Waals surface area contributed by atoms with Gasteiger partial charge in [0.2, 0.25) is 11.8 Å². The molecule has 0 aromatic heterocycles. The summed E-state index contributed by atoms with van der Waals surface area (Å²) in [6.07, 6.45) is -5.40. The molecule has 1 heterocycles. The number of alkyl halides is 3. The quantitative estimate of drug-likeness (QED) is 0.490. The van der Waals surface area contributed by atoms with Crippen LogP contribution in [0.2, 0.25) is 0 Å². The lowest BCUT2D eigenvalue weighted by Crippen LogP contribution is -2.69. The van der Waals surface area contributed by atoms with Gasteiger partial charge in [0.25, 0.3) is 0 Å². The van der Waals surface area contributed by atoms with Gasteiger partial charge in [0.1, 0.15) is 11.6 Å². The predicted octanol–water partition coefficient (Wildman–Crippen LogP) is 4.21. The van der Waals surface area contributed by atoms with Crippen LogP contribution < -0.4 is 11.1 Å². The van der Waals surface area contributed by atoms with Crippen LogP contribution in [0.3, 0.4) is 0 Å². The maximum atomic E-state index is 13.6. The zero-order valence-corrected chi connectivity index (χ0v) is 21.5. The molecule has 4 N–H and O–H groups in total. The maximum absolute atomic E-state index is 13.6. The number of rotatable bonds is 7. The SMILES string of the molecule is CC(C)(C)N(C(=O)O)C1(C(=O)N[C@@H](Cc2ccc(-c3ccc(C(F)(F)F)cc3)cc2)C(N)=O)CCOCC1. The summed E-state index contributed by atoms with van der Waals surface area (Å²) in [5.74, 6) is -1.41. The van der Waals surface area contributed by atoms with Crippen LogP contribution in [0.15, 0.2) is 48.5 Å². The fourth-order valence-electron chi connectivity index (χ4n) is 4.81. The molecule has 2 aromatic rings. The Hall–Kier alpha value is -3.60. The van der Waals surface area contributed by atoms with Crippen molar-refractivity contribution in [3.05, 3.63) is 59.7 Å². The summed E-state index contributed by atoms with van der Waals surface area (Å²) in [4.78, 5) is 39.2. The molecule has 1 atom stereocenters. The Kier molecular flexibility index (Phi) is 8.40. The first-order valence-corrected chi connectivity index (χ1v) is 12.1.